The second kappa shape index (κ2) is 5.63. The molecule has 5 nitrogen and oxygen atoms in total. The molecule has 0 radical (unpaired) electrons. The number of carbonyl (C=O) groups excluding carboxylic acids is 1. The van der Waals surface area contributed by atoms with Crippen molar-refractivity contribution in [2.75, 3.05) is 18.4 Å². The van der Waals surface area contributed by atoms with Crippen LogP contribution >= 0.6 is 0 Å². The van der Waals surface area contributed by atoms with E-state index in [-0.39, 0.29) is 16.9 Å². The molecule has 1 aromatic carbocycles. The Morgan fingerprint density at radius 3 is 2.70 bits per heavy atom. The fraction of sp³-hybridized carbons (Fsp3) is 0.467. The normalized spacial score (nSPS) is 21.7. The van der Waals surface area contributed by atoms with Crippen LogP contribution in [-0.2, 0) is 4.79 Å². The Bertz CT molecular complexity index is 534. The summed E-state index contributed by atoms with van der Waals surface area (Å²) in [5.74, 6) is -0.946. The van der Waals surface area contributed by atoms with Gasteiger partial charge in [-0.25, -0.2) is 4.79 Å². The molecule has 108 valence electrons. The van der Waals surface area contributed by atoms with Gasteiger partial charge in [-0.1, -0.05) is 6.92 Å². The van der Waals surface area contributed by atoms with Crippen molar-refractivity contribution in [3.63, 3.8) is 0 Å². The Hall–Kier alpha value is -1.88. The predicted molar refractivity (Wildman–Crippen MR) is 77.0 cm³/mol. The number of amides is 1. The molecule has 3 N–H and O–H groups in total. The maximum atomic E-state index is 12.4. The van der Waals surface area contributed by atoms with Gasteiger partial charge in [0, 0.05) is 12.2 Å². The summed E-state index contributed by atoms with van der Waals surface area (Å²) in [6.45, 7) is 5.30. The number of nitrogens with one attached hydrogen (secondary N) is 2. The van der Waals surface area contributed by atoms with Crippen molar-refractivity contribution in [2.45, 2.75) is 26.7 Å². The molecule has 1 aromatic rings. The summed E-state index contributed by atoms with van der Waals surface area (Å²) in [6.07, 6.45) is 1.62. The van der Waals surface area contributed by atoms with Crippen molar-refractivity contribution < 1.29 is 14.7 Å². The largest absolute Gasteiger partial charge is 0.478 e. The highest BCUT2D eigenvalue weighted by Gasteiger charge is 2.39. The van der Waals surface area contributed by atoms with Crippen LogP contribution in [0, 0.1) is 12.3 Å². The van der Waals surface area contributed by atoms with Gasteiger partial charge in [-0.2, -0.15) is 0 Å². The molecule has 20 heavy (non-hydrogen) atoms. The second-order valence-electron chi connectivity index (χ2n) is 5.35. The summed E-state index contributed by atoms with van der Waals surface area (Å²) >= 11 is 0. The SMILES string of the molecule is CCC1(C(=O)Nc2ccc(C(=O)O)c(C)c2)CCNC1. The molecule has 0 bridgehead atoms. The quantitative estimate of drug-likeness (QED) is 0.786. The van der Waals surface area contributed by atoms with Crippen LogP contribution in [0.3, 0.4) is 0 Å². The van der Waals surface area contributed by atoms with Gasteiger partial charge in [0.25, 0.3) is 0 Å². The van der Waals surface area contributed by atoms with E-state index in [4.69, 9.17) is 5.11 Å². The number of rotatable bonds is 4. The summed E-state index contributed by atoms with van der Waals surface area (Å²) in [7, 11) is 0. The number of carboxylic acid groups (broad SMARTS) is 1. The van der Waals surface area contributed by atoms with Gasteiger partial charge in [0.2, 0.25) is 5.91 Å². The lowest BCUT2D eigenvalue weighted by Gasteiger charge is -2.25. The first-order valence-electron chi connectivity index (χ1n) is 6.84. The van der Waals surface area contributed by atoms with Crippen LogP contribution in [0.5, 0.6) is 0 Å². The molecule has 1 atom stereocenters. The fourth-order valence-electron chi connectivity index (χ4n) is 2.64. The highest BCUT2D eigenvalue weighted by molar-refractivity contribution is 5.97. The predicted octanol–water partition coefficient (Wildman–Crippen LogP) is 2.02. The second-order valence-corrected chi connectivity index (χ2v) is 5.35. The van der Waals surface area contributed by atoms with Crippen molar-refractivity contribution in [2.24, 2.45) is 5.41 Å². The lowest BCUT2D eigenvalue weighted by atomic mass is 9.83. The van der Waals surface area contributed by atoms with E-state index in [1.54, 1.807) is 19.1 Å². The zero-order valence-electron chi connectivity index (χ0n) is 11.8. The monoisotopic (exact) mass is 276 g/mol. The van der Waals surface area contributed by atoms with Crippen LogP contribution in [0.2, 0.25) is 0 Å². The molecule has 1 unspecified atom stereocenters. The van der Waals surface area contributed by atoms with Crippen molar-refractivity contribution >= 4 is 17.6 Å². The Labute approximate surface area is 118 Å². The summed E-state index contributed by atoms with van der Waals surface area (Å²) in [4.78, 5) is 23.4. The summed E-state index contributed by atoms with van der Waals surface area (Å²) in [6, 6.07) is 4.87. The number of hydrogen-bond acceptors (Lipinski definition) is 3. The maximum Gasteiger partial charge on any atom is 0.335 e. The molecule has 1 aliphatic rings. The average Bonchev–Trinajstić information content (AvgIpc) is 2.88. The number of anilines is 1. The average molecular weight is 276 g/mol. The van der Waals surface area contributed by atoms with E-state index in [9.17, 15) is 9.59 Å². The molecule has 1 saturated heterocycles. The highest BCUT2D eigenvalue weighted by atomic mass is 16.4. The van der Waals surface area contributed by atoms with Crippen molar-refractivity contribution in [3.05, 3.63) is 29.3 Å². The third kappa shape index (κ3) is 2.67. The van der Waals surface area contributed by atoms with Crippen LogP contribution in [-0.4, -0.2) is 30.1 Å². The third-order valence-electron chi connectivity index (χ3n) is 4.12. The minimum absolute atomic E-state index is 0.00692. The summed E-state index contributed by atoms with van der Waals surface area (Å²) in [5.41, 5.74) is 1.21. The topological polar surface area (TPSA) is 78.4 Å². The van der Waals surface area contributed by atoms with E-state index in [2.05, 4.69) is 10.6 Å². The molecule has 2 rings (SSSR count). The van der Waals surface area contributed by atoms with E-state index in [1.165, 1.54) is 6.07 Å². The molecule has 1 fully saturated rings. The molecule has 1 amide bonds. The molecule has 1 aliphatic heterocycles. The standard InChI is InChI=1S/C15H20N2O3/c1-3-15(6-7-16-9-15)14(20)17-11-4-5-12(13(18)19)10(2)8-11/h4-5,8,16H,3,6-7,9H2,1-2H3,(H,17,20)(H,18,19). The highest BCUT2D eigenvalue weighted by Crippen LogP contribution is 2.31. The third-order valence-corrected chi connectivity index (χ3v) is 4.12. The van der Waals surface area contributed by atoms with Gasteiger partial charge >= 0.3 is 5.97 Å². The van der Waals surface area contributed by atoms with E-state index >= 15 is 0 Å². The van der Waals surface area contributed by atoms with Crippen LogP contribution in [0.15, 0.2) is 18.2 Å². The Morgan fingerprint density at radius 2 is 2.20 bits per heavy atom. The van der Waals surface area contributed by atoms with E-state index in [0.717, 1.165) is 19.4 Å². The van der Waals surface area contributed by atoms with Gasteiger partial charge in [-0.3, -0.25) is 4.79 Å². The van der Waals surface area contributed by atoms with Crippen LogP contribution in [0.4, 0.5) is 5.69 Å². The number of carboxylic acids is 1. The van der Waals surface area contributed by atoms with Crippen molar-refractivity contribution in [1.29, 1.82) is 0 Å². The minimum atomic E-state index is -0.953. The van der Waals surface area contributed by atoms with Crippen LogP contribution in [0.25, 0.3) is 0 Å². The lowest BCUT2D eigenvalue weighted by Crippen LogP contribution is -2.37. The van der Waals surface area contributed by atoms with Crippen molar-refractivity contribution in [1.82, 2.24) is 5.32 Å². The zero-order valence-corrected chi connectivity index (χ0v) is 11.8. The summed E-state index contributed by atoms with van der Waals surface area (Å²) < 4.78 is 0. The van der Waals surface area contributed by atoms with Crippen LogP contribution < -0.4 is 10.6 Å². The van der Waals surface area contributed by atoms with Gasteiger partial charge in [-0.15, -0.1) is 0 Å². The number of aryl methyl sites for hydroxylation is 1. The zero-order chi connectivity index (χ0) is 14.8. The molecule has 5 heteroatoms. The molecule has 0 aliphatic carbocycles. The minimum Gasteiger partial charge on any atom is -0.478 e. The first-order chi connectivity index (χ1) is 9.48. The Morgan fingerprint density at radius 1 is 1.45 bits per heavy atom. The molecule has 1 heterocycles. The fourth-order valence-corrected chi connectivity index (χ4v) is 2.64. The van der Waals surface area contributed by atoms with Gasteiger partial charge in [0.05, 0.1) is 11.0 Å². The number of carbonyl (C=O) groups is 2. The molecule has 0 spiro atoms. The first-order valence-corrected chi connectivity index (χ1v) is 6.84. The number of benzene rings is 1. The Balaban J connectivity index is 2.16. The number of aromatic carboxylic acids is 1. The first kappa shape index (κ1) is 14.5. The summed E-state index contributed by atoms with van der Waals surface area (Å²) in [5, 5.41) is 15.1. The van der Waals surface area contributed by atoms with Gasteiger partial charge < -0.3 is 15.7 Å². The van der Waals surface area contributed by atoms with Gasteiger partial charge in [0.1, 0.15) is 0 Å². The van der Waals surface area contributed by atoms with Gasteiger partial charge in [0.15, 0.2) is 0 Å². The number of hydrogen-bond donors (Lipinski definition) is 3. The van der Waals surface area contributed by atoms with E-state index < -0.39 is 5.97 Å². The Kier molecular flexibility index (Phi) is 4.09. The van der Waals surface area contributed by atoms with E-state index in [1.807, 2.05) is 6.92 Å². The van der Waals surface area contributed by atoms with E-state index in [0.29, 0.717) is 17.8 Å². The molecule has 0 aromatic heterocycles. The molecular formula is C15H20N2O3. The molecular weight excluding hydrogens is 256 g/mol. The van der Waals surface area contributed by atoms with Gasteiger partial charge in [-0.05, 0) is 50.1 Å². The lowest BCUT2D eigenvalue weighted by molar-refractivity contribution is -0.124. The van der Waals surface area contributed by atoms with Crippen molar-refractivity contribution in [3.8, 4) is 0 Å². The molecule has 0 saturated carbocycles. The smallest absolute Gasteiger partial charge is 0.335 e. The maximum absolute atomic E-state index is 12.4. The van der Waals surface area contributed by atoms with Crippen LogP contribution in [0.1, 0.15) is 35.7 Å².